The van der Waals surface area contributed by atoms with E-state index in [1.165, 1.54) is 0 Å². The quantitative estimate of drug-likeness (QED) is 0.563. The molecule has 0 atom stereocenters. The first-order chi connectivity index (χ1) is 5.36. The lowest BCUT2D eigenvalue weighted by Crippen LogP contribution is -1.80. The van der Waals surface area contributed by atoms with Gasteiger partial charge in [-0.3, -0.25) is 10.7 Å². The second kappa shape index (κ2) is 2.20. The number of aromatic nitrogens is 2. The zero-order valence-corrected chi connectivity index (χ0v) is 5.78. The molecular weight excluding hydrogens is 138 g/mol. The molecule has 2 heterocycles. The predicted molar refractivity (Wildman–Crippen MR) is 42.3 cm³/mol. The van der Waals surface area contributed by atoms with Gasteiger partial charge in [0.15, 0.2) is 0 Å². The van der Waals surface area contributed by atoms with Crippen molar-refractivity contribution in [3.8, 4) is 0 Å². The second-order valence-electron chi connectivity index (χ2n) is 2.27. The van der Waals surface area contributed by atoms with Gasteiger partial charge < -0.3 is 0 Å². The SMILES string of the molecule is [NH]c1cc2cccnc2cn1. The lowest BCUT2D eigenvalue weighted by atomic mass is 10.2. The van der Waals surface area contributed by atoms with Crippen LogP contribution < -0.4 is 5.73 Å². The minimum atomic E-state index is 0.283. The molecule has 0 aliphatic heterocycles. The standard InChI is InChI=1S/C8H6N3/c9-8-4-6-2-1-3-10-7(6)5-11-8/h1-5,9H. The summed E-state index contributed by atoms with van der Waals surface area (Å²) < 4.78 is 0. The van der Waals surface area contributed by atoms with E-state index < -0.39 is 0 Å². The van der Waals surface area contributed by atoms with Gasteiger partial charge in [-0.2, -0.15) is 0 Å². The van der Waals surface area contributed by atoms with Crippen molar-refractivity contribution in [1.82, 2.24) is 15.7 Å². The molecule has 0 fully saturated rings. The van der Waals surface area contributed by atoms with Crippen LogP contribution in [0.25, 0.3) is 10.9 Å². The van der Waals surface area contributed by atoms with Crippen LogP contribution in [0.4, 0.5) is 5.82 Å². The third-order valence-electron chi connectivity index (χ3n) is 1.49. The van der Waals surface area contributed by atoms with E-state index >= 15 is 0 Å². The fourth-order valence-electron chi connectivity index (χ4n) is 0.975. The van der Waals surface area contributed by atoms with E-state index in [1.807, 2.05) is 12.1 Å². The number of pyridine rings is 2. The van der Waals surface area contributed by atoms with Crippen molar-refractivity contribution in [2.45, 2.75) is 0 Å². The highest BCUT2D eigenvalue weighted by Gasteiger charge is 1.93. The molecule has 1 radical (unpaired) electrons. The van der Waals surface area contributed by atoms with Crippen LogP contribution in [0.1, 0.15) is 0 Å². The van der Waals surface area contributed by atoms with Crippen molar-refractivity contribution in [1.29, 1.82) is 0 Å². The Balaban J connectivity index is 2.83. The van der Waals surface area contributed by atoms with Crippen LogP contribution >= 0.6 is 0 Å². The largest absolute Gasteiger partial charge is 0.283 e. The summed E-state index contributed by atoms with van der Waals surface area (Å²) in [5.74, 6) is 0.283. The minimum absolute atomic E-state index is 0.283. The third-order valence-corrected chi connectivity index (χ3v) is 1.49. The molecule has 0 spiro atoms. The van der Waals surface area contributed by atoms with Crippen LogP contribution in [0.15, 0.2) is 30.6 Å². The van der Waals surface area contributed by atoms with E-state index in [9.17, 15) is 0 Å². The molecule has 0 saturated heterocycles. The van der Waals surface area contributed by atoms with Crippen LogP contribution in [0.2, 0.25) is 0 Å². The van der Waals surface area contributed by atoms with Gasteiger partial charge in [0.1, 0.15) is 5.82 Å². The lowest BCUT2D eigenvalue weighted by molar-refractivity contribution is 1.25. The van der Waals surface area contributed by atoms with E-state index in [4.69, 9.17) is 5.73 Å². The first-order valence-electron chi connectivity index (χ1n) is 3.28. The molecule has 2 aromatic rings. The summed E-state index contributed by atoms with van der Waals surface area (Å²) in [4.78, 5) is 7.89. The molecule has 0 bridgehead atoms. The number of rotatable bonds is 0. The summed E-state index contributed by atoms with van der Waals surface area (Å²) in [6.45, 7) is 0. The summed E-state index contributed by atoms with van der Waals surface area (Å²) >= 11 is 0. The van der Waals surface area contributed by atoms with Crippen molar-refractivity contribution in [2.75, 3.05) is 0 Å². The fraction of sp³-hybridized carbons (Fsp3) is 0. The van der Waals surface area contributed by atoms with E-state index in [1.54, 1.807) is 18.5 Å². The Bertz CT molecular complexity index is 384. The number of hydrogen-bond acceptors (Lipinski definition) is 2. The maximum absolute atomic E-state index is 7.24. The van der Waals surface area contributed by atoms with Crippen molar-refractivity contribution >= 4 is 16.7 Å². The highest BCUT2D eigenvalue weighted by Crippen LogP contribution is 2.11. The van der Waals surface area contributed by atoms with Crippen molar-refractivity contribution in [3.63, 3.8) is 0 Å². The maximum atomic E-state index is 7.24. The first kappa shape index (κ1) is 6.09. The van der Waals surface area contributed by atoms with E-state index in [-0.39, 0.29) is 5.82 Å². The van der Waals surface area contributed by atoms with Gasteiger partial charge in [-0.1, -0.05) is 6.07 Å². The molecule has 2 rings (SSSR count). The average molecular weight is 144 g/mol. The first-order valence-corrected chi connectivity index (χ1v) is 3.28. The molecule has 2 aromatic heterocycles. The Labute approximate surface area is 63.9 Å². The lowest BCUT2D eigenvalue weighted by Gasteiger charge is -1.94. The number of fused-ring (bicyclic) bond motifs is 1. The molecule has 0 aromatic carbocycles. The molecule has 0 aliphatic carbocycles. The average Bonchev–Trinajstić information content (AvgIpc) is 2.04. The summed E-state index contributed by atoms with van der Waals surface area (Å²) in [7, 11) is 0. The van der Waals surface area contributed by atoms with Crippen LogP contribution in [0.5, 0.6) is 0 Å². The van der Waals surface area contributed by atoms with Crippen LogP contribution in [-0.2, 0) is 0 Å². The molecule has 11 heavy (non-hydrogen) atoms. The Morgan fingerprint density at radius 3 is 3.09 bits per heavy atom. The minimum Gasteiger partial charge on any atom is -0.283 e. The highest BCUT2D eigenvalue weighted by atomic mass is 14.8. The molecule has 3 nitrogen and oxygen atoms in total. The summed E-state index contributed by atoms with van der Waals surface area (Å²) in [6.07, 6.45) is 3.32. The number of hydrogen-bond donors (Lipinski definition) is 0. The smallest absolute Gasteiger partial charge is 0.145 e. The maximum Gasteiger partial charge on any atom is 0.145 e. The van der Waals surface area contributed by atoms with Gasteiger partial charge in [-0.05, 0) is 12.1 Å². The fourth-order valence-corrected chi connectivity index (χ4v) is 0.975. The number of nitrogens with one attached hydrogen (secondary N) is 1. The summed E-state index contributed by atoms with van der Waals surface area (Å²) in [5.41, 5.74) is 8.07. The van der Waals surface area contributed by atoms with Crippen molar-refractivity contribution in [2.24, 2.45) is 0 Å². The van der Waals surface area contributed by atoms with Gasteiger partial charge in [0, 0.05) is 11.6 Å². The zero-order valence-electron chi connectivity index (χ0n) is 5.78. The molecule has 1 N–H and O–H groups in total. The third kappa shape index (κ3) is 1.00. The normalized spacial score (nSPS) is 10.2. The molecule has 53 valence electrons. The Hall–Kier alpha value is -1.64. The van der Waals surface area contributed by atoms with Crippen LogP contribution in [0.3, 0.4) is 0 Å². The Kier molecular flexibility index (Phi) is 1.22. The highest BCUT2D eigenvalue weighted by molar-refractivity contribution is 5.79. The zero-order chi connectivity index (χ0) is 7.68. The topological polar surface area (TPSA) is 49.6 Å². The van der Waals surface area contributed by atoms with E-state index in [0.29, 0.717) is 0 Å². The summed E-state index contributed by atoms with van der Waals surface area (Å²) in [5, 5.41) is 0.965. The summed E-state index contributed by atoms with van der Waals surface area (Å²) in [6, 6.07) is 5.46. The molecular formula is C8H6N3. The molecule has 0 saturated carbocycles. The van der Waals surface area contributed by atoms with Gasteiger partial charge in [-0.15, -0.1) is 0 Å². The van der Waals surface area contributed by atoms with Crippen LogP contribution in [0, 0.1) is 0 Å². The van der Waals surface area contributed by atoms with Crippen molar-refractivity contribution < 1.29 is 0 Å². The Morgan fingerprint density at radius 1 is 1.27 bits per heavy atom. The van der Waals surface area contributed by atoms with Gasteiger partial charge in [0.25, 0.3) is 0 Å². The van der Waals surface area contributed by atoms with Gasteiger partial charge in [-0.25, -0.2) is 4.98 Å². The molecule has 0 amide bonds. The van der Waals surface area contributed by atoms with E-state index in [0.717, 1.165) is 10.9 Å². The van der Waals surface area contributed by atoms with Gasteiger partial charge >= 0.3 is 0 Å². The van der Waals surface area contributed by atoms with Gasteiger partial charge in [0.05, 0.1) is 11.7 Å². The second-order valence-corrected chi connectivity index (χ2v) is 2.27. The molecule has 3 heteroatoms. The molecule has 0 aliphatic rings. The van der Waals surface area contributed by atoms with Gasteiger partial charge in [0.2, 0.25) is 0 Å². The molecule has 0 unspecified atom stereocenters. The predicted octanol–water partition coefficient (Wildman–Crippen LogP) is 1.54. The van der Waals surface area contributed by atoms with E-state index in [2.05, 4.69) is 9.97 Å². The van der Waals surface area contributed by atoms with Crippen molar-refractivity contribution in [3.05, 3.63) is 30.6 Å². The monoisotopic (exact) mass is 144 g/mol. The number of nitrogens with zero attached hydrogens (tertiary/aromatic N) is 2. The Morgan fingerprint density at radius 2 is 2.18 bits per heavy atom. The van der Waals surface area contributed by atoms with Crippen LogP contribution in [-0.4, -0.2) is 9.97 Å².